The van der Waals surface area contributed by atoms with Gasteiger partial charge in [0.05, 0.1) is 0 Å². The Kier molecular flexibility index (Phi) is 5.18. The summed E-state index contributed by atoms with van der Waals surface area (Å²) in [6.07, 6.45) is 2.65. The van der Waals surface area contributed by atoms with E-state index < -0.39 is 0 Å². The Labute approximate surface area is 119 Å². The third kappa shape index (κ3) is 3.39. The molecule has 1 heterocycles. The molecule has 108 valence electrons. The summed E-state index contributed by atoms with van der Waals surface area (Å²) in [6.45, 7) is 4.97. The lowest BCUT2D eigenvalue weighted by Crippen LogP contribution is -2.20. The van der Waals surface area contributed by atoms with Crippen LogP contribution in [0.25, 0.3) is 0 Å². The highest BCUT2D eigenvalue weighted by molar-refractivity contribution is 5.25. The first kappa shape index (κ1) is 14.6. The predicted octanol–water partition coefficient (Wildman–Crippen LogP) is 2.71. The smallest absolute Gasteiger partial charge is 0.327 e. The molecule has 20 heavy (non-hydrogen) atoms. The Hall–Kier alpha value is -1.81. The van der Waals surface area contributed by atoms with Gasteiger partial charge in [-0.3, -0.25) is 4.57 Å². The van der Waals surface area contributed by atoms with Crippen molar-refractivity contribution in [3.05, 3.63) is 57.8 Å². The van der Waals surface area contributed by atoms with Crippen molar-refractivity contribution in [2.24, 2.45) is 0 Å². The summed E-state index contributed by atoms with van der Waals surface area (Å²) in [6, 6.07) is 10.2. The molecule has 0 amide bonds. The quantitative estimate of drug-likeness (QED) is 0.844. The lowest BCUT2D eigenvalue weighted by Gasteiger charge is -2.09. The molecule has 2 rings (SSSR count). The minimum Gasteiger partial charge on any atom is -0.361 e. The highest BCUT2D eigenvalue weighted by atomic mass is 16.5. The topological polar surface area (TPSA) is 47.0 Å². The van der Waals surface area contributed by atoms with Crippen molar-refractivity contribution in [2.75, 3.05) is 6.61 Å². The van der Waals surface area contributed by atoms with Gasteiger partial charge in [-0.1, -0.05) is 43.7 Å². The monoisotopic (exact) mass is 274 g/mol. The third-order valence-electron chi connectivity index (χ3n) is 3.32. The summed E-state index contributed by atoms with van der Waals surface area (Å²) in [5.74, 6) is 0. The molecule has 0 spiro atoms. The van der Waals surface area contributed by atoms with E-state index in [1.165, 1.54) is 5.56 Å². The Balaban J connectivity index is 2.33. The van der Waals surface area contributed by atoms with Gasteiger partial charge in [0.25, 0.3) is 0 Å². The number of nitrogens with zero attached hydrogens (tertiary/aromatic N) is 1. The number of hydrogen-bond acceptors (Lipinski definition) is 2. The number of ether oxygens (including phenoxy) is 1. The van der Waals surface area contributed by atoms with Crippen LogP contribution in [0.2, 0.25) is 0 Å². The highest BCUT2D eigenvalue weighted by Gasteiger charge is 2.13. The maximum absolute atomic E-state index is 12.1. The van der Waals surface area contributed by atoms with Crippen LogP contribution in [0.1, 0.15) is 37.2 Å². The van der Waals surface area contributed by atoms with Gasteiger partial charge in [0.1, 0.15) is 6.73 Å². The molecule has 0 aliphatic carbocycles. The molecule has 4 nitrogen and oxygen atoms in total. The molecule has 4 heteroatoms. The van der Waals surface area contributed by atoms with Crippen LogP contribution in [0.15, 0.2) is 35.1 Å². The van der Waals surface area contributed by atoms with Crippen molar-refractivity contribution in [2.45, 2.75) is 39.8 Å². The van der Waals surface area contributed by atoms with Gasteiger partial charge in [0, 0.05) is 24.4 Å². The largest absolute Gasteiger partial charge is 0.361 e. The molecule has 1 aromatic carbocycles. The minimum atomic E-state index is -0.0761. The van der Waals surface area contributed by atoms with Gasteiger partial charge in [0.15, 0.2) is 0 Å². The second kappa shape index (κ2) is 7.10. The number of benzene rings is 1. The van der Waals surface area contributed by atoms with E-state index in [1.807, 2.05) is 25.1 Å². The number of imidazole rings is 1. The fraction of sp³-hybridized carbons (Fsp3) is 0.438. The molecule has 0 unspecified atom stereocenters. The summed E-state index contributed by atoms with van der Waals surface area (Å²) in [5, 5.41) is 0. The van der Waals surface area contributed by atoms with Crippen LogP contribution in [0.3, 0.4) is 0 Å². The lowest BCUT2D eigenvalue weighted by molar-refractivity contribution is 0.0839. The molecule has 1 N–H and O–H groups in total. The first-order chi connectivity index (χ1) is 9.76. The maximum Gasteiger partial charge on any atom is 0.327 e. The maximum atomic E-state index is 12.1. The van der Waals surface area contributed by atoms with Crippen LogP contribution in [-0.4, -0.2) is 16.2 Å². The van der Waals surface area contributed by atoms with Crippen molar-refractivity contribution >= 4 is 0 Å². The van der Waals surface area contributed by atoms with Gasteiger partial charge >= 0.3 is 5.69 Å². The zero-order valence-electron chi connectivity index (χ0n) is 12.2. The van der Waals surface area contributed by atoms with Crippen molar-refractivity contribution in [1.29, 1.82) is 0 Å². The molecule has 0 radical (unpaired) electrons. The molecular weight excluding hydrogens is 252 g/mol. The van der Waals surface area contributed by atoms with Gasteiger partial charge in [-0.2, -0.15) is 0 Å². The van der Waals surface area contributed by atoms with Gasteiger partial charge < -0.3 is 9.72 Å². The molecule has 0 aliphatic heterocycles. The second-order valence-corrected chi connectivity index (χ2v) is 4.82. The normalized spacial score (nSPS) is 10.9. The Morgan fingerprint density at radius 2 is 1.95 bits per heavy atom. The summed E-state index contributed by atoms with van der Waals surface area (Å²) >= 11 is 0. The van der Waals surface area contributed by atoms with Crippen LogP contribution in [0, 0.1) is 0 Å². The van der Waals surface area contributed by atoms with Crippen LogP contribution in [-0.2, 0) is 24.3 Å². The van der Waals surface area contributed by atoms with E-state index in [4.69, 9.17) is 4.74 Å². The average Bonchev–Trinajstić information content (AvgIpc) is 2.74. The third-order valence-corrected chi connectivity index (χ3v) is 3.32. The number of aromatic nitrogens is 2. The molecule has 0 bridgehead atoms. The van der Waals surface area contributed by atoms with E-state index >= 15 is 0 Å². The second-order valence-electron chi connectivity index (χ2n) is 4.82. The molecule has 0 saturated heterocycles. The number of nitrogens with one attached hydrogen (secondary N) is 1. The molecule has 0 saturated carbocycles. The zero-order valence-corrected chi connectivity index (χ0v) is 12.2. The summed E-state index contributed by atoms with van der Waals surface area (Å²) in [4.78, 5) is 15.0. The van der Waals surface area contributed by atoms with Crippen molar-refractivity contribution in [3.63, 3.8) is 0 Å². The van der Waals surface area contributed by atoms with Gasteiger partial charge in [0.2, 0.25) is 0 Å². The van der Waals surface area contributed by atoms with E-state index in [0.717, 1.165) is 30.7 Å². The Morgan fingerprint density at radius 1 is 1.20 bits per heavy atom. The summed E-state index contributed by atoms with van der Waals surface area (Å²) in [7, 11) is 0. The Morgan fingerprint density at radius 3 is 2.60 bits per heavy atom. The van der Waals surface area contributed by atoms with Crippen molar-refractivity contribution < 1.29 is 4.74 Å². The molecule has 0 fully saturated rings. The highest BCUT2D eigenvalue weighted by Crippen LogP contribution is 2.13. The number of rotatable bonds is 7. The van der Waals surface area contributed by atoms with E-state index in [9.17, 15) is 4.79 Å². The molecule has 2 aromatic rings. The van der Waals surface area contributed by atoms with Crippen LogP contribution < -0.4 is 5.69 Å². The first-order valence-electron chi connectivity index (χ1n) is 7.18. The Bertz CT molecular complexity index is 584. The molecule has 0 aliphatic rings. The van der Waals surface area contributed by atoms with Crippen LogP contribution in [0.5, 0.6) is 0 Å². The lowest BCUT2D eigenvalue weighted by atomic mass is 10.1. The van der Waals surface area contributed by atoms with Crippen molar-refractivity contribution in [1.82, 2.24) is 9.55 Å². The minimum absolute atomic E-state index is 0.0761. The summed E-state index contributed by atoms with van der Waals surface area (Å²) in [5.41, 5.74) is 3.19. The van der Waals surface area contributed by atoms with E-state index in [2.05, 4.69) is 24.0 Å². The van der Waals surface area contributed by atoms with Gasteiger partial charge in [-0.05, 0) is 18.9 Å². The number of H-pyrrole nitrogens is 1. The molecule has 0 atom stereocenters. The number of hydrogen-bond donors (Lipinski definition) is 1. The summed E-state index contributed by atoms with van der Waals surface area (Å²) < 4.78 is 7.12. The van der Waals surface area contributed by atoms with E-state index in [0.29, 0.717) is 13.3 Å². The van der Waals surface area contributed by atoms with E-state index in [-0.39, 0.29) is 5.69 Å². The molecule has 1 aromatic heterocycles. The van der Waals surface area contributed by atoms with E-state index in [1.54, 1.807) is 4.57 Å². The van der Waals surface area contributed by atoms with Crippen LogP contribution in [0.4, 0.5) is 0 Å². The fourth-order valence-corrected chi connectivity index (χ4v) is 2.32. The SMILES string of the molecule is CCCc1[nH]c(=O)n(COCC)c1Cc1ccccc1. The number of aromatic amines is 1. The standard InChI is InChI=1S/C16H22N2O2/c1-3-8-14-15(11-13-9-6-5-7-10-13)18(12-20-4-2)16(19)17-14/h5-7,9-10H,3-4,8,11-12H2,1-2H3,(H,17,19). The van der Waals surface area contributed by atoms with Gasteiger partial charge in [-0.25, -0.2) is 4.79 Å². The van der Waals surface area contributed by atoms with Crippen molar-refractivity contribution in [3.8, 4) is 0 Å². The molecular formula is C16H22N2O2. The fourth-order valence-electron chi connectivity index (χ4n) is 2.32. The van der Waals surface area contributed by atoms with Crippen LogP contribution >= 0.6 is 0 Å². The van der Waals surface area contributed by atoms with Gasteiger partial charge in [-0.15, -0.1) is 0 Å². The average molecular weight is 274 g/mol. The predicted molar refractivity (Wildman–Crippen MR) is 79.9 cm³/mol. The zero-order chi connectivity index (χ0) is 14.4. The number of aryl methyl sites for hydroxylation is 1. The first-order valence-corrected chi connectivity index (χ1v) is 7.18.